The van der Waals surface area contributed by atoms with Crippen molar-refractivity contribution in [2.24, 2.45) is 0 Å². The zero-order valence-electron chi connectivity index (χ0n) is 18.2. The summed E-state index contributed by atoms with van der Waals surface area (Å²) in [5.74, 6) is 0.777. The van der Waals surface area contributed by atoms with Crippen molar-refractivity contribution in [2.75, 3.05) is 0 Å². The molecular formula is C28H22N2OS. The van der Waals surface area contributed by atoms with Crippen LogP contribution in [0.15, 0.2) is 82.9 Å². The summed E-state index contributed by atoms with van der Waals surface area (Å²) in [6, 6.07) is 21.3. The Kier molecular flexibility index (Phi) is 4.21. The minimum absolute atomic E-state index is 0.0105. The van der Waals surface area contributed by atoms with Gasteiger partial charge in [-0.1, -0.05) is 45.0 Å². The van der Waals surface area contributed by atoms with E-state index in [-0.39, 0.29) is 5.41 Å². The minimum Gasteiger partial charge on any atom is -0.452 e. The number of hydrogen-bond donors (Lipinski definition) is 0. The third-order valence-electron chi connectivity index (χ3n) is 5.98. The first kappa shape index (κ1) is 19.2. The molecule has 6 rings (SSSR count). The van der Waals surface area contributed by atoms with Crippen molar-refractivity contribution in [1.82, 2.24) is 9.97 Å². The number of rotatable bonds is 2. The number of furan rings is 1. The van der Waals surface area contributed by atoms with Crippen LogP contribution >= 0.6 is 11.3 Å². The minimum atomic E-state index is 0.0105. The average molecular weight is 435 g/mol. The fraction of sp³-hybridized carbons (Fsp3) is 0.143. The van der Waals surface area contributed by atoms with Crippen molar-refractivity contribution >= 4 is 43.2 Å². The van der Waals surface area contributed by atoms with Gasteiger partial charge in [0.05, 0.1) is 4.70 Å². The molecule has 156 valence electrons. The van der Waals surface area contributed by atoms with E-state index in [1.54, 1.807) is 11.3 Å². The van der Waals surface area contributed by atoms with Gasteiger partial charge in [0.2, 0.25) is 0 Å². The summed E-state index contributed by atoms with van der Waals surface area (Å²) in [7, 11) is 0. The molecule has 3 nitrogen and oxygen atoms in total. The normalized spacial score (nSPS) is 12.2. The maximum absolute atomic E-state index is 6.44. The highest BCUT2D eigenvalue weighted by atomic mass is 32.1. The second-order valence-electron chi connectivity index (χ2n) is 9.18. The predicted octanol–water partition coefficient (Wildman–Crippen LogP) is 8.22. The first-order chi connectivity index (χ1) is 15.5. The Balaban J connectivity index is 1.60. The van der Waals surface area contributed by atoms with Crippen LogP contribution in [0.3, 0.4) is 0 Å². The second-order valence-corrected chi connectivity index (χ2v) is 10.1. The van der Waals surface area contributed by atoms with Crippen LogP contribution in [0.4, 0.5) is 0 Å². The standard InChI is InChI=1S/C28H22N2OS/c1-28(2,3)22-15-20(14-18-6-4-5-7-21(18)22)24-26-19(9-12-29-24)16-23(31-26)25-27-17(8-11-30-25)10-13-32-27/h4-16H,1-3H3. The molecule has 0 aliphatic rings. The zero-order valence-corrected chi connectivity index (χ0v) is 19.0. The van der Waals surface area contributed by atoms with E-state index in [2.05, 4.69) is 79.7 Å². The molecular weight excluding hydrogens is 412 g/mol. The highest BCUT2D eigenvalue weighted by Crippen LogP contribution is 2.39. The molecule has 0 aliphatic heterocycles. The quantitative estimate of drug-likeness (QED) is 0.275. The van der Waals surface area contributed by atoms with Crippen LogP contribution < -0.4 is 0 Å². The van der Waals surface area contributed by atoms with Gasteiger partial charge < -0.3 is 4.42 Å². The molecule has 0 saturated heterocycles. The molecule has 0 radical (unpaired) electrons. The van der Waals surface area contributed by atoms with Gasteiger partial charge in [-0.15, -0.1) is 11.3 Å². The molecule has 0 saturated carbocycles. The van der Waals surface area contributed by atoms with Crippen LogP contribution in [0.25, 0.3) is 54.5 Å². The smallest absolute Gasteiger partial charge is 0.161 e. The lowest BCUT2D eigenvalue weighted by Crippen LogP contribution is -2.12. The van der Waals surface area contributed by atoms with Crippen molar-refractivity contribution in [2.45, 2.75) is 26.2 Å². The maximum Gasteiger partial charge on any atom is 0.161 e. The predicted molar refractivity (Wildman–Crippen MR) is 134 cm³/mol. The van der Waals surface area contributed by atoms with Crippen molar-refractivity contribution in [3.05, 3.63) is 84.0 Å². The van der Waals surface area contributed by atoms with Crippen molar-refractivity contribution in [3.63, 3.8) is 0 Å². The molecule has 4 heteroatoms. The number of pyridine rings is 2. The summed E-state index contributed by atoms with van der Waals surface area (Å²) in [6.45, 7) is 6.76. The Morgan fingerprint density at radius 1 is 0.781 bits per heavy atom. The van der Waals surface area contributed by atoms with E-state index < -0.39 is 0 Å². The first-order valence-electron chi connectivity index (χ1n) is 10.7. The summed E-state index contributed by atoms with van der Waals surface area (Å²) < 4.78 is 7.58. The van der Waals surface area contributed by atoms with Crippen molar-refractivity contribution in [3.8, 4) is 22.7 Å². The zero-order chi connectivity index (χ0) is 21.9. The third kappa shape index (κ3) is 3.02. The molecule has 0 N–H and O–H groups in total. The van der Waals surface area contributed by atoms with E-state index in [1.165, 1.54) is 21.7 Å². The Labute approximate surface area is 190 Å². The molecule has 0 atom stereocenters. The number of hydrogen-bond acceptors (Lipinski definition) is 4. The van der Waals surface area contributed by atoms with Crippen molar-refractivity contribution < 1.29 is 4.42 Å². The van der Waals surface area contributed by atoms with Crippen LogP contribution in [0.5, 0.6) is 0 Å². The topological polar surface area (TPSA) is 38.9 Å². The third-order valence-corrected chi connectivity index (χ3v) is 6.92. The lowest BCUT2D eigenvalue weighted by Gasteiger charge is -2.22. The van der Waals surface area contributed by atoms with Gasteiger partial charge in [0.1, 0.15) is 11.4 Å². The number of fused-ring (bicyclic) bond motifs is 3. The largest absolute Gasteiger partial charge is 0.452 e. The Hall–Kier alpha value is -3.50. The molecule has 4 heterocycles. The van der Waals surface area contributed by atoms with Crippen LogP contribution in [-0.4, -0.2) is 9.97 Å². The van der Waals surface area contributed by atoms with Gasteiger partial charge in [-0.25, -0.2) is 0 Å². The average Bonchev–Trinajstić information content (AvgIpc) is 3.44. The second kappa shape index (κ2) is 7.01. The van der Waals surface area contributed by atoms with E-state index in [4.69, 9.17) is 9.40 Å². The number of nitrogens with zero attached hydrogens (tertiary/aromatic N) is 2. The van der Waals surface area contributed by atoms with Crippen LogP contribution in [0.1, 0.15) is 26.3 Å². The molecule has 0 fully saturated rings. The molecule has 4 aromatic heterocycles. The monoisotopic (exact) mass is 434 g/mol. The van der Waals surface area contributed by atoms with Gasteiger partial charge >= 0.3 is 0 Å². The van der Waals surface area contributed by atoms with Gasteiger partial charge in [0.15, 0.2) is 11.3 Å². The fourth-order valence-electron chi connectivity index (χ4n) is 4.42. The van der Waals surface area contributed by atoms with Crippen LogP contribution in [0, 0.1) is 0 Å². The molecule has 6 aromatic rings. The highest BCUT2D eigenvalue weighted by molar-refractivity contribution is 7.17. The fourth-order valence-corrected chi connectivity index (χ4v) is 5.31. The lowest BCUT2D eigenvalue weighted by atomic mass is 9.82. The van der Waals surface area contributed by atoms with Crippen molar-refractivity contribution in [1.29, 1.82) is 0 Å². The van der Waals surface area contributed by atoms with E-state index in [1.807, 2.05) is 24.5 Å². The summed E-state index contributed by atoms with van der Waals surface area (Å²) in [5.41, 5.74) is 4.94. The molecule has 2 aromatic carbocycles. The Morgan fingerprint density at radius 3 is 2.41 bits per heavy atom. The molecule has 0 amide bonds. The van der Waals surface area contributed by atoms with E-state index in [9.17, 15) is 0 Å². The maximum atomic E-state index is 6.44. The first-order valence-corrected chi connectivity index (χ1v) is 11.6. The number of thiophene rings is 1. The number of aromatic nitrogens is 2. The van der Waals surface area contributed by atoms with Gasteiger partial charge in [0, 0.05) is 23.3 Å². The van der Waals surface area contributed by atoms with Gasteiger partial charge in [-0.2, -0.15) is 0 Å². The highest BCUT2D eigenvalue weighted by Gasteiger charge is 2.21. The number of benzene rings is 2. The van der Waals surface area contributed by atoms with Gasteiger partial charge in [-0.05, 0) is 68.9 Å². The summed E-state index contributed by atoms with van der Waals surface area (Å²) in [6.07, 6.45) is 3.71. The SMILES string of the molecule is CC(C)(C)c1cc(-c2nccc3cc(-c4nccc5ccsc45)oc23)cc2ccccc12. The van der Waals surface area contributed by atoms with E-state index in [0.29, 0.717) is 0 Å². The molecule has 0 unspecified atom stereocenters. The Bertz CT molecular complexity index is 1620. The lowest BCUT2D eigenvalue weighted by molar-refractivity contribution is 0.596. The van der Waals surface area contributed by atoms with Crippen LogP contribution in [-0.2, 0) is 5.41 Å². The van der Waals surface area contributed by atoms with Crippen LogP contribution in [0.2, 0.25) is 0 Å². The molecule has 32 heavy (non-hydrogen) atoms. The summed E-state index contributed by atoms with van der Waals surface area (Å²) in [5, 5.41) is 6.80. The molecule has 0 bridgehead atoms. The van der Waals surface area contributed by atoms with E-state index >= 15 is 0 Å². The van der Waals surface area contributed by atoms with E-state index in [0.717, 1.165) is 38.4 Å². The summed E-state index contributed by atoms with van der Waals surface area (Å²) in [4.78, 5) is 9.39. The summed E-state index contributed by atoms with van der Waals surface area (Å²) >= 11 is 1.69. The van der Waals surface area contributed by atoms with Gasteiger partial charge in [0.25, 0.3) is 0 Å². The Morgan fingerprint density at radius 2 is 1.56 bits per heavy atom. The van der Waals surface area contributed by atoms with Gasteiger partial charge in [-0.3, -0.25) is 9.97 Å². The molecule has 0 aliphatic carbocycles. The molecule has 0 spiro atoms.